The van der Waals surface area contributed by atoms with Gasteiger partial charge in [-0.3, -0.25) is 4.79 Å². The van der Waals surface area contributed by atoms with E-state index in [4.69, 9.17) is 4.74 Å². The second-order valence-electron chi connectivity index (χ2n) is 5.11. The van der Waals surface area contributed by atoms with Crippen LogP contribution in [0.15, 0.2) is 63.9 Å². The van der Waals surface area contributed by atoms with Crippen molar-refractivity contribution in [3.8, 4) is 0 Å². The van der Waals surface area contributed by atoms with Crippen molar-refractivity contribution in [2.75, 3.05) is 5.75 Å². The molecule has 7 heteroatoms. The predicted octanol–water partition coefficient (Wildman–Crippen LogP) is 3.54. The van der Waals surface area contributed by atoms with Crippen LogP contribution in [-0.2, 0) is 37.2 Å². The van der Waals surface area contributed by atoms with E-state index in [2.05, 4.69) is 9.10 Å². The summed E-state index contributed by atoms with van der Waals surface area (Å²) in [5.41, 5.74) is 1.58. The Bertz CT molecular complexity index is 824. The average Bonchev–Trinajstić information content (AvgIpc) is 2.66. The molecule has 0 saturated carbocycles. The van der Waals surface area contributed by atoms with Crippen LogP contribution in [0, 0.1) is 0 Å². The van der Waals surface area contributed by atoms with Crippen LogP contribution >= 0.6 is 0 Å². The van der Waals surface area contributed by atoms with Gasteiger partial charge in [-0.25, -0.2) is 9.00 Å². The van der Waals surface area contributed by atoms with E-state index < -0.39 is 15.8 Å². The van der Waals surface area contributed by atoms with Crippen LogP contribution < -0.4 is 0 Å². The Hall–Kier alpha value is -2.67. The molecule has 1 unspecified atom stereocenters. The molecule has 0 fully saturated rings. The summed E-state index contributed by atoms with van der Waals surface area (Å²) in [7, 11) is -2.91. The molecule has 0 heterocycles. The first kappa shape index (κ1) is 18.7. The first-order chi connectivity index (χ1) is 12.1. The van der Waals surface area contributed by atoms with E-state index in [1.807, 2.05) is 30.3 Å². The lowest BCUT2D eigenvalue weighted by molar-refractivity contribution is -0.129. The number of carbonyl (C=O) groups is 2. The van der Waals surface area contributed by atoms with E-state index in [-0.39, 0.29) is 19.0 Å². The SMILES string of the molecule is CCS(=O)(=NC(=O)OCc1ccccc1)c1ccc(COC=O)cc1. The summed E-state index contributed by atoms with van der Waals surface area (Å²) >= 11 is 0. The number of hydrogen-bond acceptors (Lipinski definition) is 5. The number of carbonyl (C=O) groups excluding carboxylic acids is 2. The summed E-state index contributed by atoms with van der Waals surface area (Å²) in [6, 6.07) is 15.8. The van der Waals surface area contributed by atoms with Crippen LogP contribution in [-0.4, -0.2) is 22.5 Å². The molecule has 0 saturated heterocycles. The fraction of sp³-hybridized carbons (Fsp3) is 0.222. The molecule has 2 aromatic carbocycles. The minimum absolute atomic E-state index is 0.0738. The lowest BCUT2D eigenvalue weighted by Gasteiger charge is -2.09. The molecule has 0 bridgehead atoms. The topological polar surface area (TPSA) is 82.0 Å². The van der Waals surface area contributed by atoms with Crippen molar-refractivity contribution in [1.82, 2.24) is 0 Å². The highest BCUT2D eigenvalue weighted by molar-refractivity contribution is 7.93. The van der Waals surface area contributed by atoms with Crippen LogP contribution in [0.1, 0.15) is 18.1 Å². The number of hydrogen-bond donors (Lipinski definition) is 0. The molecule has 0 radical (unpaired) electrons. The van der Waals surface area contributed by atoms with E-state index in [0.717, 1.165) is 11.1 Å². The lowest BCUT2D eigenvalue weighted by Crippen LogP contribution is -2.09. The third-order valence-electron chi connectivity index (χ3n) is 3.43. The number of ether oxygens (including phenoxy) is 2. The van der Waals surface area contributed by atoms with Crippen LogP contribution in [0.2, 0.25) is 0 Å². The number of benzene rings is 2. The summed E-state index contributed by atoms with van der Waals surface area (Å²) in [5, 5.41) is 0. The largest absolute Gasteiger partial charge is 0.463 e. The molecule has 0 aliphatic carbocycles. The number of nitrogens with zero attached hydrogens (tertiary/aromatic N) is 1. The van der Waals surface area contributed by atoms with Crippen molar-refractivity contribution in [3.05, 3.63) is 65.7 Å². The fourth-order valence-corrected chi connectivity index (χ4v) is 3.50. The van der Waals surface area contributed by atoms with E-state index in [1.165, 1.54) is 0 Å². The Morgan fingerprint density at radius 2 is 1.68 bits per heavy atom. The molecule has 0 aromatic heterocycles. The van der Waals surface area contributed by atoms with Gasteiger partial charge in [-0.2, -0.15) is 0 Å². The van der Waals surface area contributed by atoms with E-state index in [1.54, 1.807) is 31.2 Å². The minimum Gasteiger partial charge on any atom is -0.463 e. The molecule has 0 spiro atoms. The lowest BCUT2D eigenvalue weighted by atomic mass is 10.2. The highest BCUT2D eigenvalue weighted by Crippen LogP contribution is 2.16. The fourth-order valence-electron chi connectivity index (χ4n) is 2.08. The second-order valence-corrected chi connectivity index (χ2v) is 7.62. The van der Waals surface area contributed by atoms with Gasteiger partial charge in [-0.15, -0.1) is 4.36 Å². The summed E-state index contributed by atoms with van der Waals surface area (Å²) in [6.45, 7) is 2.26. The van der Waals surface area contributed by atoms with Gasteiger partial charge < -0.3 is 9.47 Å². The third-order valence-corrected chi connectivity index (χ3v) is 5.66. The van der Waals surface area contributed by atoms with Gasteiger partial charge in [0.25, 0.3) is 6.47 Å². The zero-order chi connectivity index (χ0) is 18.1. The van der Waals surface area contributed by atoms with Gasteiger partial charge in [0.05, 0.1) is 9.73 Å². The normalized spacial score (nSPS) is 12.7. The summed E-state index contributed by atoms with van der Waals surface area (Å²) in [4.78, 5) is 22.6. The van der Waals surface area contributed by atoms with Gasteiger partial charge in [0.15, 0.2) is 0 Å². The molecule has 2 aromatic rings. The maximum absolute atomic E-state index is 12.9. The van der Waals surface area contributed by atoms with Crippen molar-refractivity contribution in [3.63, 3.8) is 0 Å². The van der Waals surface area contributed by atoms with E-state index >= 15 is 0 Å². The Labute approximate surface area is 147 Å². The molecular formula is C18H19NO5S. The predicted molar refractivity (Wildman–Crippen MR) is 93.3 cm³/mol. The Balaban J connectivity index is 2.11. The van der Waals surface area contributed by atoms with Crippen molar-refractivity contribution in [2.45, 2.75) is 25.0 Å². The zero-order valence-electron chi connectivity index (χ0n) is 13.8. The van der Waals surface area contributed by atoms with Crippen LogP contribution in [0.5, 0.6) is 0 Å². The first-order valence-corrected chi connectivity index (χ1v) is 9.35. The molecule has 132 valence electrons. The second kappa shape index (κ2) is 8.98. The number of amides is 1. The van der Waals surface area contributed by atoms with Crippen molar-refractivity contribution in [1.29, 1.82) is 0 Å². The van der Waals surface area contributed by atoms with Crippen molar-refractivity contribution >= 4 is 22.3 Å². The Kier molecular flexibility index (Phi) is 6.71. The Morgan fingerprint density at radius 1 is 1.04 bits per heavy atom. The zero-order valence-corrected chi connectivity index (χ0v) is 14.6. The van der Waals surface area contributed by atoms with Gasteiger partial charge in [0.1, 0.15) is 13.2 Å². The van der Waals surface area contributed by atoms with E-state index in [0.29, 0.717) is 11.4 Å². The van der Waals surface area contributed by atoms with E-state index in [9.17, 15) is 13.8 Å². The standard InChI is InChI=1S/C18H19NO5S/c1-2-25(22,17-10-8-16(9-11-17)12-23-14-20)19-18(21)24-13-15-6-4-3-5-7-15/h3-11,14H,2,12-13H2,1H3. The molecular weight excluding hydrogens is 342 g/mol. The van der Waals surface area contributed by atoms with Crippen LogP contribution in [0.25, 0.3) is 0 Å². The quantitative estimate of drug-likeness (QED) is 0.705. The smallest absolute Gasteiger partial charge is 0.442 e. The molecule has 0 aliphatic heterocycles. The monoisotopic (exact) mass is 361 g/mol. The molecule has 25 heavy (non-hydrogen) atoms. The van der Waals surface area contributed by atoms with Crippen LogP contribution in [0.3, 0.4) is 0 Å². The molecule has 1 atom stereocenters. The summed E-state index contributed by atoms with van der Waals surface area (Å²) in [6.07, 6.45) is -0.857. The molecule has 1 amide bonds. The highest BCUT2D eigenvalue weighted by Gasteiger charge is 2.14. The van der Waals surface area contributed by atoms with Crippen molar-refractivity contribution < 1.29 is 23.3 Å². The van der Waals surface area contributed by atoms with Gasteiger partial charge >= 0.3 is 6.09 Å². The highest BCUT2D eigenvalue weighted by atomic mass is 32.2. The Morgan fingerprint density at radius 3 is 2.28 bits per heavy atom. The van der Waals surface area contributed by atoms with Crippen LogP contribution in [0.4, 0.5) is 4.79 Å². The van der Waals surface area contributed by atoms with Gasteiger partial charge in [-0.1, -0.05) is 49.4 Å². The minimum atomic E-state index is -2.91. The molecule has 0 aliphatic rings. The summed E-state index contributed by atoms with van der Waals surface area (Å²) in [5.74, 6) is 0.178. The van der Waals surface area contributed by atoms with Gasteiger partial charge in [0.2, 0.25) is 0 Å². The first-order valence-electron chi connectivity index (χ1n) is 7.67. The van der Waals surface area contributed by atoms with Gasteiger partial charge in [-0.05, 0) is 23.3 Å². The molecule has 2 rings (SSSR count). The third kappa shape index (κ3) is 5.42. The van der Waals surface area contributed by atoms with Crippen molar-refractivity contribution in [2.24, 2.45) is 4.36 Å². The van der Waals surface area contributed by atoms with Gasteiger partial charge in [0, 0.05) is 10.6 Å². The summed E-state index contributed by atoms with van der Waals surface area (Å²) < 4.78 is 26.5. The molecule has 6 nitrogen and oxygen atoms in total. The maximum atomic E-state index is 12.9. The maximum Gasteiger partial charge on any atom is 0.442 e. The average molecular weight is 361 g/mol. The number of rotatable bonds is 7. The molecule has 0 N–H and O–H groups in total.